The van der Waals surface area contributed by atoms with Gasteiger partial charge in [-0.2, -0.15) is 0 Å². The number of hydrogen-bond acceptors (Lipinski definition) is 6. The van der Waals surface area contributed by atoms with Gasteiger partial charge in [0.05, 0.1) is 29.8 Å². The highest BCUT2D eigenvalue weighted by Gasteiger charge is 2.36. The average molecular weight is 477 g/mol. The number of benzene rings is 2. The number of rotatable bonds is 6. The predicted octanol–water partition coefficient (Wildman–Crippen LogP) is 5.07. The van der Waals surface area contributed by atoms with E-state index in [4.69, 9.17) is 4.74 Å². The first kappa shape index (κ1) is 21.9. The molecule has 5 rings (SSSR count). The van der Waals surface area contributed by atoms with Crippen molar-refractivity contribution in [3.63, 3.8) is 0 Å². The Morgan fingerprint density at radius 3 is 2.67 bits per heavy atom. The fourth-order valence-corrected chi connectivity index (χ4v) is 6.23. The molecule has 0 radical (unpaired) electrons. The van der Waals surface area contributed by atoms with Crippen LogP contribution < -0.4 is 9.64 Å². The largest absolute Gasteiger partial charge is 0.497 e. The molecule has 1 aromatic heterocycles. The van der Waals surface area contributed by atoms with Crippen LogP contribution in [0.1, 0.15) is 6.92 Å². The lowest BCUT2D eigenvalue weighted by molar-refractivity contribution is -0.116. The van der Waals surface area contributed by atoms with Crippen molar-refractivity contribution in [3.05, 3.63) is 72.8 Å². The molecule has 2 aromatic carbocycles. The summed E-state index contributed by atoms with van der Waals surface area (Å²) in [5.74, 6) is 1.95. The first-order valence-electron chi connectivity index (χ1n) is 10.8. The second-order valence-corrected chi connectivity index (χ2v) is 9.80. The van der Waals surface area contributed by atoms with Crippen molar-refractivity contribution < 1.29 is 9.53 Å². The van der Waals surface area contributed by atoms with Gasteiger partial charge in [-0.15, -0.1) is 22.0 Å². The summed E-state index contributed by atoms with van der Waals surface area (Å²) in [6.07, 6.45) is 8.38. The highest BCUT2D eigenvalue weighted by atomic mass is 32.2. The second-order valence-electron chi connectivity index (χ2n) is 7.64. The van der Waals surface area contributed by atoms with E-state index in [0.717, 1.165) is 32.9 Å². The lowest BCUT2D eigenvalue weighted by Crippen LogP contribution is -2.48. The number of methoxy groups -OCH3 is 1. The minimum atomic E-state index is 0.0157. The molecule has 0 N–H and O–H groups in total. The van der Waals surface area contributed by atoms with Gasteiger partial charge in [-0.25, -0.2) is 0 Å². The molecule has 2 atom stereocenters. The van der Waals surface area contributed by atoms with Crippen molar-refractivity contribution in [3.8, 4) is 17.1 Å². The number of anilines is 1. The Kier molecular flexibility index (Phi) is 6.28. The number of carbonyl (C=O) groups is 1. The Balaban J connectivity index is 1.37. The van der Waals surface area contributed by atoms with Gasteiger partial charge in [0.15, 0.2) is 11.0 Å². The number of allylic oxidation sites excluding steroid dienone is 2. The maximum Gasteiger partial charge on any atom is 0.238 e. The molecular weight excluding hydrogens is 452 g/mol. The number of amides is 1. The summed E-state index contributed by atoms with van der Waals surface area (Å²) in [5, 5.41) is 9.77. The van der Waals surface area contributed by atoms with Gasteiger partial charge in [0, 0.05) is 17.0 Å². The van der Waals surface area contributed by atoms with Crippen LogP contribution in [0.25, 0.3) is 11.4 Å². The minimum Gasteiger partial charge on any atom is -0.497 e. The van der Waals surface area contributed by atoms with Crippen LogP contribution in [-0.2, 0) is 11.3 Å². The summed E-state index contributed by atoms with van der Waals surface area (Å²) >= 11 is 3.25. The fourth-order valence-electron chi connectivity index (χ4n) is 4.11. The SMILES string of the molecule is CCn1c(SCC(=O)N2c3ccccc3SC3C=CC=CC32)nnc1-c1ccc(OC)cc1. The number of hydrogen-bond donors (Lipinski definition) is 0. The molecule has 1 aliphatic carbocycles. The highest BCUT2D eigenvalue weighted by Crippen LogP contribution is 2.43. The van der Waals surface area contributed by atoms with Crippen molar-refractivity contribution in [1.82, 2.24) is 14.8 Å². The number of para-hydroxylation sites is 1. The molecule has 0 bridgehead atoms. The van der Waals surface area contributed by atoms with Crippen molar-refractivity contribution >= 4 is 35.1 Å². The van der Waals surface area contributed by atoms with Crippen LogP contribution in [0.5, 0.6) is 5.75 Å². The van der Waals surface area contributed by atoms with E-state index >= 15 is 0 Å². The van der Waals surface area contributed by atoms with E-state index in [0.29, 0.717) is 12.3 Å². The molecule has 0 spiro atoms. The molecule has 2 unspecified atom stereocenters. The molecule has 3 aromatic rings. The maximum atomic E-state index is 13.5. The van der Waals surface area contributed by atoms with E-state index < -0.39 is 0 Å². The number of thioether (sulfide) groups is 2. The van der Waals surface area contributed by atoms with E-state index in [1.165, 1.54) is 11.8 Å². The van der Waals surface area contributed by atoms with Gasteiger partial charge in [-0.1, -0.05) is 48.2 Å². The zero-order chi connectivity index (χ0) is 22.8. The van der Waals surface area contributed by atoms with Crippen LogP contribution in [-0.4, -0.2) is 44.8 Å². The quantitative estimate of drug-likeness (QED) is 0.463. The van der Waals surface area contributed by atoms with Crippen LogP contribution in [0.2, 0.25) is 0 Å². The first-order valence-corrected chi connectivity index (χ1v) is 12.7. The Bertz CT molecular complexity index is 1220. The molecule has 168 valence electrons. The number of nitrogens with zero attached hydrogens (tertiary/aromatic N) is 4. The van der Waals surface area contributed by atoms with Crippen LogP contribution >= 0.6 is 23.5 Å². The second kappa shape index (κ2) is 9.49. The maximum absolute atomic E-state index is 13.5. The topological polar surface area (TPSA) is 60.2 Å². The summed E-state index contributed by atoms with van der Waals surface area (Å²) < 4.78 is 7.30. The predicted molar refractivity (Wildman–Crippen MR) is 134 cm³/mol. The summed E-state index contributed by atoms with van der Waals surface area (Å²) in [6, 6.07) is 15.9. The molecule has 0 saturated carbocycles. The molecule has 6 nitrogen and oxygen atoms in total. The van der Waals surface area contributed by atoms with Gasteiger partial charge in [0.1, 0.15) is 5.75 Å². The Labute approximate surface area is 201 Å². The lowest BCUT2D eigenvalue weighted by Gasteiger charge is -2.40. The molecule has 2 aliphatic rings. The summed E-state index contributed by atoms with van der Waals surface area (Å²) in [7, 11) is 1.65. The van der Waals surface area contributed by atoms with E-state index in [1.807, 2.05) is 69.8 Å². The van der Waals surface area contributed by atoms with Crippen LogP contribution in [0, 0.1) is 0 Å². The van der Waals surface area contributed by atoms with Gasteiger partial charge in [-0.05, 0) is 43.3 Å². The van der Waals surface area contributed by atoms with Crippen molar-refractivity contribution in [2.75, 3.05) is 17.8 Å². The van der Waals surface area contributed by atoms with Gasteiger partial charge in [0.25, 0.3) is 0 Å². The zero-order valence-electron chi connectivity index (χ0n) is 18.4. The molecule has 33 heavy (non-hydrogen) atoms. The van der Waals surface area contributed by atoms with Crippen LogP contribution in [0.3, 0.4) is 0 Å². The first-order chi connectivity index (χ1) is 16.2. The summed E-state index contributed by atoms with van der Waals surface area (Å²) in [6.45, 7) is 2.77. The van der Waals surface area contributed by atoms with Crippen LogP contribution in [0.15, 0.2) is 82.9 Å². The summed E-state index contributed by atoms with van der Waals surface area (Å²) in [4.78, 5) is 16.6. The average Bonchev–Trinajstić information content (AvgIpc) is 3.28. The van der Waals surface area contributed by atoms with Crippen molar-refractivity contribution in [2.24, 2.45) is 0 Å². The molecule has 1 aliphatic heterocycles. The Hall–Kier alpha value is -2.97. The van der Waals surface area contributed by atoms with Crippen molar-refractivity contribution in [1.29, 1.82) is 0 Å². The van der Waals surface area contributed by atoms with Gasteiger partial charge in [-0.3, -0.25) is 4.79 Å². The van der Waals surface area contributed by atoms with Crippen LogP contribution in [0.4, 0.5) is 5.69 Å². The number of ether oxygens (including phenoxy) is 1. The van der Waals surface area contributed by atoms with Gasteiger partial charge < -0.3 is 14.2 Å². The number of carbonyl (C=O) groups excluding carboxylic acids is 1. The summed E-state index contributed by atoms with van der Waals surface area (Å²) in [5.41, 5.74) is 1.94. The molecule has 2 heterocycles. The standard InChI is InChI=1S/C25H24N4O2S2/c1-3-28-24(17-12-14-18(31-2)15-13-17)26-27-25(28)32-16-23(30)29-19-8-4-6-10-21(19)33-22-11-7-5-9-20(22)29/h4-15,19,21H,3,16H2,1-2H3. The third-order valence-corrected chi connectivity index (χ3v) is 7.98. The van der Waals surface area contributed by atoms with E-state index in [-0.39, 0.29) is 17.2 Å². The Morgan fingerprint density at radius 2 is 1.88 bits per heavy atom. The smallest absolute Gasteiger partial charge is 0.238 e. The molecule has 0 fully saturated rings. The third kappa shape index (κ3) is 4.20. The van der Waals surface area contributed by atoms with E-state index in [9.17, 15) is 4.79 Å². The lowest BCUT2D eigenvalue weighted by atomic mass is 10.0. The van der Waals surface area contributed by atoms with Crippen molar-refractivity contribution in [2.45, 2.75) is 34.8 Å². The monoisotopic (exact) mass is 476 g/mol. The molecule has 8 heteroatoms. The fraction of sp³-hybridized carbons (Fsp3) is 0.240. The molecular formula is C25H24N4O2S2. The van der Waals surface area contributed by atoms with E-state index in [1.54, 1.807) is 7.11 Å². The normalized spacial score (nSPS) is 18.7. The number of aromatic nitrogens is 3. The zero-order valence-corrected chi connectivity index (χ0v) is 20.1. The Morgan fingerprint density at radius 1 is 1.09 bits per heavy atom. The highest BCUT2D eigenvalue weighted by molar-refractivity contribution is 8.00. The molecule has 1 amide bonds. The van der Waals surface area contributed by atoms with Gasteiger partial charge in [0.2, 0.25) is 5.91 Å². The molecule has 0 saturated heterocycles. The van der Waals surface area contributed by atoms with Gasteiger partial charge >= 0.3 is 0 Å². The van der Waals surface area contributed by atoms with E-state index in [2.05, 4.69) is 41.4 Å². The third-order valence-electron chi connectivity index (χ3n) is 5.72. The number of fused-ring (bicyclic) bond motifs is 2. The minimum absolute atomic E-state index is 0.0157.